The minimum atomic E-state index is -0.193. The van der Waals surface area contributed by atoms with Crippen molar-refractivity contribution in [3.63, 3.8) is 0 Å². The lowest BCUT2D eigenvalue weighted by molar-refractivity contribution is 0.170. The van der Waals surface area contributed by atoms with Crippen molar-refractivity contribution >= 4 is 0 Å². The largest absolute Gasteiger partial charge is 0.321 e. The van der Waals surface area contributed by atoms with Crippen LogP contribution in [0.1, 0.15) is 56.6 Å². The van der Waals surface area contributed by atoms with E-state index in [1.54, 1.807) is 12.1 Å². The van der Waals surface area contributed by atoms with Gasteiger partial charge in [-0.1, -0.05) is 32.3 Å². The normalized spacial score (nSPS) is 34.3. The molecule has 1 atom stereocenters. The van der Waals surface area contributed by atoms with Crippen LogP contribution in [0.5, 0.6) is 0 Å². The summed E-state index contributed by atoms with van der Waals surface area (Å²) in [6, 6.07) is 5.19. The molecular formula is C17H24FN. The van der Waals surface area contributed by atoms with Crippen molar-refractivity contribution < 1.29 is 4.39 Å². The lowest BCUT2D eigenvalue weighted by Gasteiger charge is -2.39. The Hall–Kier alpha value is -0.890. The highest BCUT2D eigenvalue weighted by Crippen LogP contribution is 2.47. The van der Waals surface area contributed by atoms with Crippen molar-refractivity contribution in [3.05, 3.63) is 35.1 Å². The van der Waals surface area contributed by atoms with Crippen molar-refractivity contribution in [1.29, 1.82) is 0 Å². The average molecular weight is 261 g/mol. The summed E-state index contributed by atoms with van der Waals surface area (Å²) in [4.78, 5) is 0. The molecule has 0 amide bonds. The Morgan fingerprint density at radius 3 is 2.68 bits per heavy atom. The first-order valence-corrected chi connectivity index (χ1v) is 7.71. The summed E-state index contributed by atoms with van der Waals surface area (Å²) in [5.41, 5.74) is 8.92. The molecule has 104 valence electrons. The summed E-state index contributed by atoms with van der Waals surface area (Å²) in [6.45, 7) is 2.29. The van der Waals surface area contributed by atoms with Gasteiger partial charge in [-0.25, -0.2) is 4.39 Å². The van der Waals surface area contributed by atoms with E-state index in [1.807, 2.05) is 6.07 Å². The molecule has 0 saturated heterocycles. The van der Waals surface area contributed by atoms with Gasteiger partial charge < -0.3 is 5.73 Å². The van der Waals surface area contributed by atoms with Gasteiger partial charge in [0.05, 0.1) is 0 Å². The summed E-state index contributed by atoms with van der Waals surface area (Å²) in [5.74, 6) is 1.36. The van der Waals surface area contributed by atoms with Crippen LogP contribution in [0.4, 0.5) is 4.39 Å². The first-order valence-electron chi connectivity index (χ1n) is 7.71. The van der Waals surface area contributed by atoms with E-state index in [2.05, 4.69) is 6.92 Å². The third-order valence-electron chi connectivity index (χ3n) is 5.53. The fourth-order valence-corrected chi connectivity index (χ4v) is 4.21. The van der Waals surface area contributed by atoms with Gasteiger partial charge in [-0.3, -0.25) is 0 Å². The number of rotatable bonds is 2. The number of halogens is 1. The van der Waals surface area contributed by atoms with Crippen LogP contribution < -0.4 is 5.73 Å². The fraction of sp³-hybridized carbons (Fsp3) is 0.647. The standard InChI is InChI=1S/C17H24FN/c1-2-12-3-5-14(6-4-12)17(19)10-9-13-11-15(18)7-8-16(13)17/h7-8,11-12,14H,2-6,9-10,19H2,1H3. The minimum absolute atomic E-state index is 0.127. The van der Waals surface area contributed by atoms with Crippen LogP contribution >= 0.6 is 0 Å². The topological polar surface area (TPSA) is 26.0 Å². The first-order chi connectivity index (χ1) is 9.13. The van der Waals surface area contributed by atoms with Crippen molar-refractivity contribution in [2.75, 3.05) is 0 Å². The maximum atomic E-state index is 13.3. The van der Waals surface area contributed by atoms with E-state index in [0.717, 1.165) is 24.3 Å². The number of benzene rings is 1. The Balaban J connectivity index is 1.82. The van der Waals surface area contributed by atoms with Crippen molar-refractivity contribution in [3.8, 4) is 0 Å². The first kappa shape index (κ1) is 13.1. The van der Waals surface area contributed by atoms with Gasteiger partial charge in [0.15, 0.2) is 0 Å². The van der Waals surface area contributed by atoms with Crippen molar-refractivity contribution in [2.45, 2.75) is 57.4 Å². The molecule has 0 bridgehead atoms. The molecule has 0 aliphatic heterocycles. The summed E-state index contributed by atoms with van der Waals surface area (Å²) in [7, 11) is 0. The second-order valence-electron chi connectivity index (χ2n) is 6.47. The lowest BCUT2D eigenvalue weighted by Crippen LogP contribution is -2.43. The van der Waals surface area contributed by atoms with Crippen LogP contribution in [0.2, 0.25) is 0 Å². The van der Waals surface area contributed by atoms with Crippen LogP contribution in [-0.2, 0) is 12.0 Å². The monoisotopic (exact) mass is 261 g/mol. The molecule has 2 heteroatoms. The van der Waals surface area contributed by atoms with E-state index in [1.165, 1.54) is 37.7 Å². The van der Waals surface area contributed by atoms with E-state index >= 15 is 0 Å². The lowest BCUT2D eigenvalue weighted by atomic mass is 9.69. The molecule has 1 nitrogen and oxygen atoms in total. The van der Waals surface area contributed by atoms with Gasteiger partial charge in [-0.15, -0.1) is 0 Å². The van der Waals surface area contributed by atoms with E-state index in [4.69, 9.17) is 5.73 Å². The summed E-state index contributed by atoms with van der Waals surface area (Å²) in [6.07, 6.45) is 8.35. The number of hydrogen-bond acceptors (Lipinski definition) is 1. The van der Waals surface area contributed by atoms with Gasteiger partial charge in [0, 0.05) is 5.54 Å². The molecule has 19 heavy (non-hydrogen) atoms. The maximum absolute atomic E-state index is 13.3. The number of nitrogens with two attached hydrogens (primary N) is 1. The quantitative estimate of drug-likeness (QED) is 0.850. The second kappa shape index (κ2) is 4.90. The number of hydrogen-bond donors (Lipinski definition) is 1. The molecule has 3 rings (SSSR count). The Morgan fingerprint density at radius 1 is 1.26 bits per heavy atom. The smallest absolute Gasteiger partial charge is 0.123 e. The van der Waals surface area contributed by atoms with Crippen molar-refractivity contribution in [1.82, 2.24) is 0 Å². The predicted octanol–water partition coefficient (Wildman–Crippen LogP) is 4.14. The van der Waals surface area contributed by atoms with E-state index in [0.29, 0.717) is 5.92 Å². The summed E-state index contributed by atoms with van der Waals surface area (Å²) in [5, 5.41) is 0. The molecule has 2 aliphatic carbocycles. The molecule has 0 spiro atoms. The van der Waals surface area contributed by atoms with Gasteiger partial charge >= 0.3 is 0 Å². The van der Waals surface area contributed by atoms with Crippen LogP contribution in [0.15, 0.2) is 18.2 Å². The van der Waals surface area contributed by atoms with E-state index in [9.17, 15) is 4.39 Å². The fourth-order valence-electron chi connectivity index (χ4n) is 4.21. The highest BCUT2D eigenvalue weighted by atomic mass is 19.1. The molecule has 0 radical (unpaired) electrons. The number of aryl methyl sites for hydroxylation is 1. The molecular weight excluding hydrogens is 237 g/mol. The summed E-state index contributed by atoms with van der Waals surface area (Å²) < 4.78 is 13.3. The highest BCUT2D eigenvalue weighted by Gasteiger charge is 2.42. The maximum Gasteiger partial charge on any atom is 0.123 e. The average Bonchev–Trinajstić information content (AvgIpc) is 2.77. The second-order valence-corrected chi connectivity index (χ2v) is 6.47. The van der Waals surface area contributed by atoms with E-state index < -0.39 is 0 Å². The molecule has 0 heterocycles. The van der Waals surface area contributed by atoms with Crippen LogP contribution in [0.25, 0.3) is 0 Å². The molecule has 2 N–H and O–H groups in total. The van der Waals surface area contributed by atoms with Gasteiger partial charge in [-0.05, 0) is 60.8 Å². The summed E-state index contributed by atoms with van der Waals surface area (Å²) >= 11 is 0. The molecule has 0 aromatic heterocycles. The Bertz CT molecular complexity index is 462. The van der Waals surface area contributed by atoms with Crippen LogP contribution in [-0.4, -0.2) is 0 Å². The molecule has 1 unspecified atom stereocenters. The van der Waals surface area contributed by atoms with Gasteiger partial charge in [-0.2, -0.15) is 0 Å². The molecule has 1 fully saturated rings. The van der Waals surface area contributed by atoms with Crippen LogP contribution in [0, 0.1) is 17.7 Å². The molecule has 2 aliphatic rings. The van der Waals surface area contributed by atoms with Gasteiger partial charge in [0.2, 0.25) is 0 Å². The zero-order chi connectivity index (χ0) is 13.5. The number of fused-ring (bicyclic) bond motifs is 1. The van der Waals surface area contributed by atoms with E-state index in [-0.39, 0.29) is 11.4 Å². The molecule has 1 aromatic carbocycles. The molecule has 1 aromatic rings. The molecule has 1 saturated carbocycles. The van der Waals surface area contributed by atoms with Gasteiger partial charge in [0.25, 0.3) is 0 Å². The highest BCUT2D eigenvalue weighted by molar-refractivity contribution is 5.39. The minimum Gasteiger partial charge on any atom is -0.321 e. The Labute approximate surface area is 115 Å². The Kier molecular flexibility index (Phi) is 3.38. The Morgan fingerprint density at radius 2 is 2.00 bits per heavy atom. The van der Waals surface area contributed by atoms with Crippen molar-refractivity contribution in [2.24, 2.45) is 17.6 Å². The van der Waals surface area contributed by atoms with Crippen LogP contribution in [0.3, 0.4) is 0 Å². The van der Waals surface area contributed by atoms with Gasteiger partial charge in [0.1, 0.15) is 5.82 Å². The zero-order valence-corrected chi connectivity index (χ0v) is 11.8. The third kappa shape index (κ3) is 2.20. The predicted molar refractivity (Wildman–Crippen MR) is 76.3 cm³/mol. The SMILES string of the molecule is CCC1CCC(C2(N)CCc3cc(F)ccc32)CC1. The third-order valence-corrected chi connectivity index (χ3v) is 5.53. The zero-order valence-electron chi connectivity index (χ0n) is 11.8.